The zero-order chi connectivity index (χ0) is 18.9. The van der Waals surface area contributed by atoms with E-state index in [1.54, 1.807) is 0 Å². The second kappa shape index (κ2) is 7.20. The summed E-state index contributed by atoms with van der Waals surface area (Å²) in [5, 5.41) is 10.7. The van der Waals surface area contributed by atoms with Gasteiger partial charge in [0.15, 0.2) is 17.3 Å². The Bertz CT molecular complexity index is 891. The summed E-state index contributed by atoms with van der Waals surface area (Å²) in [6, 6.07) is 1.65. The summed E-state index contributed by atoms with van der Waals surface area (Å²) in [7, 11) is 1.13. The zero-order valence-corrected chi connectivity index (χ0v) is 14.3. The molecule has 0 bridgehead atoms. The van der Waals surface area contributed by atoms with E-state index in [9.17, 15) is 23.5 Å². The Kier molecular flexibility index (Phi) is 5.44. The molecule has 2 N–H and O–H groups in total. The predicted molar refractivity (Wildman–Crippen MR) is 87.4 cm³/mol. The fourth-order valence-corrected chi connectivity index (χ4v) is 2.65. The molecular formula is C15H10Cl2F2N2O4. The molecule has 0 aliphatic rings. The monoisotopic (exact) mass is 390 g/mol. The topological polar surface area (TPSA) is 88.5 Å². The molecule has 1 aromatic heterocycles. The van der Waals surface area contributed by atoms with E-state index < -0.39 is 45.5 Å². The highest BCUT2D eigenvalue weighted by molar-refractivity contribution is 6.37. The maximum absolute atomic E-state index is 14.3. The molecule has 2 rings (SSSR count). The fourth-order valence-electron chi connectivity index (χ4n) is 2.07. The highest BCUT2D eigenvalue weighted by Gasteiger charge is 2.24. The summed E-state index contributed by atoms with van der Waals surface area (Å²) >= 11 is 11.9. The summed E-state index contributed by atoms with van der Waals surface area (Å²) in [5.74, 6) is -4.62. The Labute approximate surface area is 150 Å². The van der Waals surface area contributed by atoms with Crippen molar-refractivity contribution in [2.24, 2.45) is 0 Å². The average Bonchev–Trinajstić information content (AvgIpc) is 2.49. The van der Waals surface area contributed by atoms with Crippen molar-refractivity contribution in [1.29, 1.82) is 0 Å². The van der Waals surface area contributed by atoms with Crippen LogP contribution in [-0.4, -0.2) is 29.1 Å². The zero-order valence-electron chi connectivity index (χ0n) is 12.8. The number of pyridine rings is 1. The maximum Gasteiger partial charge on any atom is 0.356 e. The molecule has 0 radical (unpaired) electrons. The summed E-state index contributed by atoms with van der Waals surface area (Å²) < 4.78 is 32.7. The van der Waals surface area contributed by atoms with Crippen LogP contribution in [0.3, 0.4) is 0 Å². The SMILES string of the molecule is COc1c(F)cc(F)c(-c2cc(NC(C)=O)c(Cl)c(C(=O)O)n2)c1Cl. The van der Waals surface area contributed by atoms with Gasteiger partial charge in [0.2, 0.25) is 5.91 Å². The third-order valence-corrected chi connectivity index (χ3v) is 3.80. The average molecular weight is 391 g/mol. The Morgan fingerprint density at radius 1 is 1.20 bits per heavy atom. The lowest BCUT2D eigenvalue weighted by Gasteiger charge is -2.14. The van der Waals surface area contributed by atoms with Crippen LogP contribution in [0.1, 0.15) is 17.4 Å². The van der Waals surface area contributed by atoms with Crippen molar-refractivity contribution in [3.8, 4) is 17.0 Å². The number of ether oxygens (including phenoxy) is 1. The van der Waals surface area contributed by atoms with Crippen LogP contribution < -0.4 is 10.1 Å². The highest BCUT2D eigenvalue weighted by Crippen LogP contribution is 2.40. The minimum atomic E-state index is -1.51. The number of nitrogens with one attached hydrogen (secondary N) is 1. The third-order valence-electron chi connectivity index (χ3n) is 3.06. The smallest absolute Gasteiger partial charge is 0.356 e. The van der Waals surface area contributed by atoms with Crippen LogP contribution >= 0.6 is 23.2 Å². The van der Waals surface area contributed by atoms with Gasteiger partial charge in [0.25, 0.3) is 0 Å². The number of carbonyl (C=O) groups is 2. The van der Waals surface area contributed by atoms with Gasteiger partial charge in [0, 0.05) is 13.0 Å². The number of hydrogen-bond donors (Lipinski definition) is 2. The van der Waals surface area contributed by atoms with Crippen LogP contribution in [0, 0.1) is 11.6 Å². The second-order valence-corrected chi connectivity index (χ2v) is 5.52. The first-order chi connectivity index (χ1) is 11.7. The first-order valence-electron chi connectivity index (χ1n) is 6.60. The first kappa shape index (κ1) is 18.9. The van der Waals surface area contributed by atoms with Crippen molar-refractivity contribution in [2.75, 3.05) is 12.4 Å². The molecule has 0 aliphatic heterocycles. The number of methoxy groups -OCH3 is 1. The lowest BCUT2D eigenvalue weighted by Crippen LogP contribution is -2.11. The van der Waals surface area contributed by atoms with Crippen LogP contribution in [0.5, 0.6) is 5.75 Å². The van der Waals surface area contributed by atoms with Gasteiger partial charge in [-0.1, -0.05) is 23.2 Å². The predicted octanol–water partition coefficient (Wildman–Crippen LogP) is 4.00. The quantitative estimate of drug-likeness (QED) is 0.823. The number of benzene rings is 1. The number of rotatable bonds is 4. The summed E-state index contributed by atoms with van der Waals surface area (Å²) in [6.07, 6.45) is 0. The summed E-state index contributed by atoms with van der Waals surface area (Å²) in [5.41, 5.74) is -1.42. The summed E-state index contributed by atoms with van der Waals surface area (Å²) in [6.45, 7) is 1.17. The molecule has 1 amide bonds. The van der Waals surface area contributed by atoms with Gasteiger partial charge in [-0.15, -0.1) is 0 Å². The molecule has 0 saturated heterocycles. The fraction of sp³-hybridized carbons (Fsp3) is 0.133. The number of anilines is 1. The molecule has 0 fully saturated rings. The molecule has 0 spiro atoms. The van der Waals surface area contributed by atoms with E-state index in [1.807, 2.05) is 0 Å². The van der Waals surface area contributed by atoms with Gasteiger partial charge in [-0.05, 0) is 6.07 Å². The van der Waals surface area contributed by atoms with Crippen molar-refractivity contribution in [3.63, 3.8) is 0 Å². The Hall–Kier alpha value is -2.45. The molecule has 0 atom stereocenters. The van der Waals surface area contributed by atoms with Crippen LogP contribution in [-0.2, 0) is 4.79 Å². The van der Waals surface area contributed by atoms with Gasteiger partial charge in [-0.3, -0.25) is 4.79 Å². The number of carboxylic acids is 1. The molecule has 1 aromatic carbocycles. The number of carboxylic acid groups (broad SMARTS) is 1. The third kappa shape index (κ3) is 3.64. The molecule has 0 aliphatic carbocycles. The van der Waals surface area contributed by atoms with E-state index in [0.29, 0.717) is 6.07 Å². The van der Waals surface area contributed by atoms with Crippen LogP contribution in [0.25, 0.3) is 11.3 Å². The van der Waals surface area contributed by atoms with Crippen molar-refractivity contribution in [3.05, 3.63) is 39.5 Å². The van der Waals surface area contributed by atoms with Crippen molar-refractivity contribution in [1.82, 2.24) is 4.98 Å². The van der Waals surface area contributed by atoms with Gasteiger partial charge in [-0.25, -0.2) is 18.6 Å². The normalized spacial score (nSPS) is 10.5. The van der Waals surface area contributed by atoms with E-state index >= 15 is 0 Å². The number of hydrogen-bond acceptors (Lipinski definition) is 4. The number of amides is 1. The molecule has 2 aromatic rings. The van der Waals surface area contributed by atoms with Gasteiger partial charge < -0.3 is 15.2 Å². The standard InChI is InChI=1S/C15H10Cl2F2N2O4/c1-5(22)20-9-4-8(21-13(11(9)16)15(23)24)10-6(18)3-7(19)14(25-2)12(10)17/h3-4H,1-2H3,(H,23,24)(H,20,21,22). The molecule has 6 nitrogen and oxygen atoms in total. The van der Waals surface area contributed by atoms with Crippen molar-refractivity contribution < 1.29 is 28.2 Å². The minimum Gasteiger partial charge on any atom is -0.492 e. The van der Waals surface area contributed by atoms with E-state index in [0.717, 1.165) is 13.2 Å². The van der Waals surface area contributed by atoms with Gasteiger partial charge in [-0.2, -0.15) is 0 Å². The van der Waals surface area contributed by atoms with E-state index in [4.69, 9.17) is 27.9 Å². The number of halogens is 4. The lowest BCUT2D eigenvalue weighted by atomic mass is 10.1. The lowest BCUT2D eigenvalue weighted by molar-refractivity contribution is -0.114. The molecular weight excluding hydrogens is 381 g/mol. The van der Waals surface area contributed by atoms with Gasteiger partial charge in [0.05, 0.1) is 34.1 Å². The molecule has 0 unspecified atom stereocenters. The molecule has 10 heteroatoms. The number of nitrogens with zero attached hydrogens (tertiary/aromatic N) is 1. The second-order valence-electron chi connectivity index (χ2n) is 4.77. The van der Waals surface area contributed by atoms with Crippen molar-refractivity contribution in [2.45, 2.75) is 6.92 Å². The Morgan fingerprint density at radius 3 is 2.36 bits per heavy atom. The molecule has 25 heavy (non-hydrogen) atoms. The van der Waals surface area contributed by atoms with E-state index in [-0.39, 0.29) is 16.4 Å². The summed E-state index contributed by atoms with van der Waals surface area (Å²) in [4.78, 5) is 26.3. The van der Waals surface area contributed by atoms with Crippen LogP contribution in [0.2, 0.25) is 10.0 Å². The molecule has 132 valence electrons. The number of aromatic nitrogens is 1. The maximum atomic E-state index is 14.3. The van der Waals surface area contributed by atoms with Crippen LogP contribution in [0.4, 0.5) is 14.5 Å². The van der Waals surface area contributed by atoms with Gasteiger partial charge in [0.1, 0.15) is 5.82 Å². The Balaban J connectivity index is 2.82. The minimum absolute atomic E-state index is 0.115. The number of aromatic carboxylic acids is 1. The van der Waals surface area contributed by atoms with E-state index in [2.05, 4.69) is 10.3 Å². The highest BCUT2D eigenvalue weighted by atomic mass is 35.5. The Morgan fingerprint density at radius 2 is 1.84 bits per heavy atom. The molecule has 1 heterocycles. The van der Waals surface area contributed by atoms with Crippen molar-refractivity contribution >= 4 is 40.8 Å². The van der Waals surface area contributed by atoms with Crippen LogP contribution in [0.15, 0.2) is 12.1 Å². The number of carbonyl (C=O) groups excluding carboxylic acids is 1. The van der Waals surface area contributed by atoms with E-state index in [1.165, 1.54) is 6.92 Å². The molecule has 0 saturated carbocycles. The van der Waals surface area contributed by atoms with Gasteiger partial charge >= 0.3 is 5.97 Å². The largest absolute Gasteiger partial charge is 0.492 e. The first-order valence-corrected chi connectivity index (χ1v) is 7.36.